The molecule has 0 bridgehead atoms. The Labute approximate surface area is 135 Å². The van der Waals surface area contributed by atoms with Crippen LogP contribution in [0.5, 0.6) is 0 Å². The molecule has 0 saturated carbocycles. The number of nitrogens with one attached hydrogen (secondary N) is 1. The Morgan fingerprint density at radius 3 is 2.55 bits per heavy atom. The minimum absolute atomic E-state index is 0.578. The molecule has 0 amide bonds. The Balaban J connectivity index is 1.57. The van der Waals surface area contributed by atoms with E-state index in [-0.39, 0.29) is 0 Å². The first-order chi connectivity index (χ1) is 10.8. The van der Waals surface area contributed by atoms with Gasteiger partial charge < -0.3 is 10.2 Å². The monoisotopic (exact) mass is 310 g/mol. The van der Waals surface area contributed by atoms with E-state index in [0.717, 1.165) is 25.5 Å². The minimum atomic E-state index is 0.578. The Hall–Kier alpha value is -2.19. The zero-order valence-electron chi connectivity index (χ0n) is 12.3. The fourth-order valence-corrected chi connectivity index (χ4v) is 3.31. The van der Waals surface area contributed by atoms with Gasteiger partial charge in [-0.05, 0) is 29.8 Å². The highest BCUT2D eigenvalue weighted by atomic mass is 32.2. The number of anilines is 2. The van der Waals surface area contributed by atoms with Crippen LogP contribution in [0.1, 0.15) is 11.1 Å². The van der Waals surface area contributed by atoms with Crippen LogP contribution in [0.4, 0.5) is 11.5 Å². The van der Waals surface area contributed by atoms with E-state index in [1.165, 1.54) is 22.8 Å². The van der Waals surface area contributed by atoms with Crippen LogP contribution in [0.15, 0.2) is 42.6 Å². The van der Waals surface area contributed by atoms with E-state index in [1.54, 1.807) is 12.3 Å². The third-order valence-corrected chi connectivity index (χ3v) is 4.62. The molecule has 0 aliphatic carbocycles. The van der Waals surface area contributed by atoms with E-state index in [2.05, 4.69) is 45.5 Å². The van der Waals surface area contributed by atoms with Crippen molar-refractivity contribution in [2.75, 3.05) is 34.8 Å². The van der Waals surface area contributed by atoms with Gasteiger partial charge in [-0.3, -0.25) is 0 Å². The SMILES string of the molecule is N#Cc1ccc(NCc2ccc(N3CCSCC3)cc2)nc1. The fraction of sp³-hybridized carbons (Fsp3) is 0.294. The highest BCUT2D eigenvalue weighted by Gasteiger charge is 2.10. The molecule has 112 valence electrons. The number of benzene rings is 1. The first-order valence-electron chi connectivity index (χ1n) is 7.37. The molecule has 1 fully saturated rings. The highest BCUT2D eigenvalue weighted by Crippen LogP contribution is 2.20. The molecular weight excluding hydrogens is 292 g/mol. The van der Waals surface area contributed by atoms with Gasteiger partial charge in [0.2, 0.25) is 0 Å². The van der Waals surface area contributed by atoms with Crippen molar-refractivity contribution in [1.29, 1.82) is 5.26 Å². The topological polar surface area (TPSA) is 52.0 Å². The van der Waals surface area contributed by atoms with Gasteiger partial charge in [-0.25, -0.2) is 4.98 Å². The van der Waals surface area contributed by atoms with E-state index in [1.807, 2.05) is 17.8 Å². The summed E-state index contributed by atoms with van der Waals surface area (Å²) < 4.78 is 0. The van der Waals surface area contributed by atoms with Crippen molar-refractivity contribution in [3.05, 3.63) is 53.7 Å². The van der Waals surface area contributed by atoms with Gasteiger partial charge in [0.15, 0.2) is 0 Å². The zero-order valence-corrected chi connectivity index (χ0v) is 13.1. The normalized spacial score (nSPS) is 14.4. The van der Waals surface area contributed by atoms with Gasteiger partial charge in [0.1, 0.15) is 11.9 Å². The van der Waals surface area contributed by atoms with Crippen LogP contribution in [-0.4, -0.2) is 29.6 Å². The van der Waals surface area contributed by atoms with E-state index >= 15 is 0 Å². The molecule has 1 aromatic carbocycles. The van der Waals surface area contributed by atoms with Gasteiger partial charge >= 0.3 is 0 Å². The zero-order chi connectivity index (χ0) is 15.2. The number of nitrogens with zero attached hydrogens (tertiary/aromatic N) is 3. The summed E-state index contributed by atoms with van der Waals surface area (Å²) in [5.74, 6) is 3.22. The summed E-state index contributed by atoms with van der Waals surface area (Å²) in [6.07, 6.45) is 1.58. The van der Waals surface area contributed by atoms with E-state index in [0.29, 0.717) is 5.56 Å². The Kier molecular flexibility index (Phi) is 4.81. The number of rotatable bonds is 4. The van der Waals surface area contributed by atoms with Crippen LogP contribution >= 0.6 is 11.8 Å². The van der Waals surface area contributed by atoms with E-state index in [9.17, 15) is 0 Å². The van der Waals surface area contributed by atoms with Crippen molar-refractivity contribution in [3.8, 4) is 6.07 Å². The lowest BCUT2D eigenvalue weighted by Gasteiger charge is -2.28. The summed E-state index contributed by atoms with van der Waals surface area (Å²) in [7, 11) is 0. The molecule has 1 aliphatic heterocycles. The van der Waals surface area contributed by atoms with E-state index < -0.39 is 0 Å². The number of thioether (sulfide) groups is 1. The van der Waals surface area contributed by atoms with Crippen molar-refractivity contribution < 1.29 is 0 Å². The van der Waals surface area contributed by atoms with Crippen LogP contribution in [0.2, 0.25) is 0 Å². The van der Waals surface area contributed by atoms with Crippen molar-refractivity contribution in [2.45, 2.75) is 6.54 Å². The maximum absolute atomic E-state index is 8.75. The van der Waals surface area contributed by atoms with Crippen molar-refractivity contribution in [1.82, 2.24) is 4.98 Å². The molecule has 0 unspecified atom stereocenters. The van der Waals surface area contributed by atoms with Crippen LogP contribution in [0.3, 0.4) is 0 Å². The van der Waals surface area contributed by atoms with Crippen LogP contribution in [0, 0.1) is 11.3 Å². The second kappa shape index (κ2) is 7.19. The lowest BCUT2D eigenvalue weighted by molar-refractivity contribution is 0.858. The average molecular weight is 310 g/mol. The molecule has 0 spiro atoms. The predicted molar refractivity (Wildman–Crippen MR) is 92.3 cm³/mol. The van der Waals surface area contributed by atoms with Gasteiger partial charge in [-0.1, -0.05) is 12.1 Å². The number of nitriles is 1. The summed E-state index contributed by atoms with van der Waals surface area (Å²) >= 11 is 2.03. The summed E-state index contributed by atoms with van der Waals surface area (Å²) in [5, 5.41) is 12.0. The molecule has 5 heteroatoms. The van der Waals surface area contributed by atoms with Crippen LogP contribution < -0.4 is 10.2 Å². The molecular formula is C17H18N4S. The molecule has 3 rings (SSSR count). The molecule has 1 saturated heterocycles. The molecule has 1 aromatic heterocycles. The Morgan fingerprint density at radius 2 is 1.91 bits per heavy atom. The molecule has 1 aliphatic rings. The number of aromatic nitrogens is 1. The molecule has 0 atom stereocenters. The van der Waals surface area contributed by atoms with Gasteiger partial charge in [-0.2, -0.15) is 17.0 Å². The summed E-state index contributed by atoms with van der Waals surface area (Å²) in [5.41, 5.74) is 3.11. The molecule has 2 heterocycles. The maximum atomic E-state index is 8.75. The lowest BCUT2D eigenvalue weighted by atomic mass is 10.2. The van der Waals surface area contributed by atoms with Gasteiger partial charge in [0.25, 0.3) is 0 Å². The largest absolute Gasteiger partial charge is 0.370 e. The van der Waals surface area contributed by atoms with Gasteiger partial charge in [0.05, 0.1) is 5.56 Å². The molecule has 2 aromatic rings. The molecule has 1 N–H and O–H groups in total. The second-order valence-electron chi connectivity index (χ2n) is 5.16. The average Bonchev–Trinajstić information content (AvgIpc) is 2.61. The van der Waals surface area contributed by atoms with Gasteiger partial charge in [0, 0.05) is 43.0 Å². The van der Waals surface area contributed by atoms with Crippen molar-refractivity contribution in [2.24, 2.45) is 0 Å². The number of hydrogen-bond acceptors (Lipinski definition) is 5. The third-order valence-electron chi connectivity index (χ3n) is 3.68. The molecule has 0 radical (unpaired) electrons. The first kappa shape index (κ1) is 14.7. The van der Waals surface area contributed by atoms with E-state index in [4.69, 9.17) is 5.26 Å². The number of pyridine rings is 1. The van der Waals surface area contributed by atoms with Crippen LogP contribution in [0.25, 0.3) is 0 Å². The van der Waals surface area contributed by atoms with Crippen molar-refractivity contribution >= 4 is 23.3 Å². The summed E-state index contributed by atoms with van der Waals surface area (Å²) in [6.45, 7) is 3.00. The summed E-state index contributed by atoms with van der Waals surface area (Å²) in [6, 6.07) is 14.4. The van der Waals surface area contributed by atoms with Gasteiger partial charge in [-0.15, -0.1) is 0 Å². The summed E-state index contributed by atoms with van der Waals surface area (Å²) in [4.78, 5) is 6.65. The fourth-order valence-electron chi connectivity index (χ4n) is 2.40. The number of hydrogen-bond donors (Lipinski definition) is 1. The second-order valence-corrected chi connectivity index (χ2v) is 6.39. The van der Waals surface area contributed by atoms with Crippen LogP contribution in [-0.2, 0) is 6.54 Å². The third kappa shape index (κ3) is 3.71. The Bertz CT molecular complexity index is 640. The smallest absolute Gasteiger partial charge is 0.126 e. The quantitative estimate of drug-likeness (QED) is 0.940. The lowest BCUT2D eigenvalue weighted by Crippen LogP contribution is -2.32. The highest BCUT2D eigenvalue weighted by molar-refractivity contribution is 7.99. The maximum Gasteiger partial charge on any atom is 0.126 e. The Morgan fingerprint density at radius 1 is 1.14 bits per heavy atom. The van der Waals surface area contributed by atoms with Crippen molar-refractivity contribution in [3.63, 3.8) is 0 Å². The standard InChI is InChI=1S/C17H18N4S/c18-11-15-3-6-17(20-13-15)19-12-14-1-4-16(5-2-14)21-7-9-22-10-8-21/h1-6,13H,7-10,12H2,(H,19,20). The minimum Gasteiger partial charge on any atom is -0.370 e. The first-order valence-corrected chi connectivity index (χ1v) is 8.52. The molecule has 22 heavy (non-hydrogen) atoms. The predicted octanol–water partition coefficient (Wildman–Crippen LogP) is 3.12. The molecule has 4 nitrogen and oxygen atoms in total.